The van der Waals surface area contributed by atoms with Gasteiger partial charge in [-0.1, -0.05) is 12.2 Å². The Labute approximate surface area is 137 Å². The summed E-state index contributed by atoms with van der Waals surface area (Å²) in [6.07, 6.45) is 10.6. The van der Waals surface area contributed by atoms with Crippen molar-refractivity contribution in [2.24, 2.45) is 23.5 Å². The first-order valence-electron chi connectivity index (χ1n) is 8.63. The third-order valence-electron chi connectivity index (χ3n) is 4.94. The minimum Gasteiger partial charge on any atom is -0.480 e. The van der Waals surface area contributed by atoms with Gasteiger partial charge in [0.25, 0.3) is 0 Å². The number of nitrogens with one attached hydrogen (secondary N) is 1. The van der Waals surface area contributed by atoms with Gasteiger partial charge in [-0.15, -0.1) is 0 Å². The van der Waals surface area contributed by atoms with Gasteiger partial charge in [-0.2, -0.15) is 0 Å². The van der Waals surface area contributed by atoms with Crippen LogP contribution in [-0.2, 0) is 9.53 Å². The lowest BCUT2D eigenvalue weighted by atomic mass is 10.1. The number of carbonyl (C=O) groups excluding carboxylic acids is 1. The molecular weight excluding hydrogens is 296 g/mol. The molecule has 0 radical (unpaired) electrons. The third-order valence-corrected chi connectivity index (χ3v) is 4.94. The van der Waals surface area contributed by atoms with Gasteiger partial charge in [-0.25, -0.2) is 4.79 Å². The molecule has 0 aromatic rings. The molecule has 6 heteroatoms. The summed E-state index contributed by atoms with van der Waals surface area (Å²) in [4.78, 5) is 22.2. The summed E-state index contributed by atoms with van der Waals surface area (Å²) in [5.41, 5.74) is 5.41. The van der Waals surface area contributed by atoms with Crippen LogP contribution in [0.5, 0.6) is 0 Å². The quantitative estimate of drug-likeness (QED) is 0.470. The summed E-state index contributed by atoms with van der Waals surface area (Å²) >= 11 is 0. The molecule has 2 aliphatic carbocycles. The average molecular weight is 324 g/mol. The first-order chi connectivity index (χ1) is 11.1. The standard InChI is InChI=1S/C17H28N2O4/c18-15(16(20)21)9-5-6-10-19-17(22)23-11-14-12-7-3-1-2-4-8-13(12)14/h1-2,12-15H,3-11,18H2,(H,19,22)(H,20,21)/b2-1+/t12?,13?,14?,15-/m0/s1. The maximum absolute atomic E-state index is 11.7. The van der Waals surface area contributed by atoms with Gasteiger partial charge in [0.15, 0.2) is 0 Å². The summed E-state index contributed by atoms with van der Waals surface area (Å²) in [5, 5.41) is 11.4. The number of carboxylic acids is 1. The van der Waals surface area contributed by atoms with Crippen molar-refractivity contribution in [1.82, 2.24) is 5.32 Å². The predicted octanol–water partition coefficient (Wildman–Crippen LogP) is 2.29. The SMILES string of the molecule is N[C@@H](CCCCNC(=O)OCC1C2CC/C=C/CCC21)C(=O)O. The first-order valence-corrected chi connectivity index (χ1v) is 8.63. The third kappa shape index (κ3) is 5.86. The van der Waals surface area contributed by atoms with Crippen LogP contribution in [0.3, 0.4) is 0 Å². The zero-order chi connectivity index (χ0) is 16.7. The van der Waals surface area contributed by atoms with Gasteiger partial charge in [0.2, 0.25) is 0 Å². The Bertz CT molecular complexity index is 422. The van der Waals surface area contributed by atoms with E-state index >= 15 is 0 Å². The normalized spacial score (nSPS) is 28.7. The number of hydrogen-bond acceptors (Lipinski definition) is 4. The molecule has 0 heterocycles. The topological polar surface area (TPSA) is 102 Å². The lowest BCUT2D eigenvalue weighted by molar-refractivity contribution is -0.138. The molecular formula is C17H28N2O4. The summed E-state index contributed by atoms with van der Waals surface area (Å²) in [5.74, 6) is 1.01. The van der Waals surface area contributed by atoms with Gasteiger partial charge in [0.05, 0.1) is 6.61 Å². The largest absolute Gasteiger partial charge is 0.480 e. The Kier molecular flexibility index (Phi) is 6.89. The van der Waals surface area contributed by atoms with Crippen LogP contribution >= 0.6 is 0 Å². The molecule has 2 unspecified atom stereocenters. The highest BCUT2D eigenvalue weighted by Crippen LogP contribution is 2.52. The molecule has 0 aromatic carbocycles. The summed E-state index contributed by atoms with van der Waals surface area (Å²) in [6.45, 7) is 1.01. The van der Waals surface area contributed by atoms with E-state index in [1.54, 1.807) is 0 Å². The van der Waals surface area contributed by atoms with Crippen LogP contribution in [0.2, 0.25) is 0 Å². The Hall–Kier alpha value is -1.56. The van der Waals surface area contributed by atoms with E-state index in [9.17, 15) is 9.59 Å². The second-order valence-electron chi connectivity index (χ2n) is 6.58. The van der Waals surface area contributed by atoms with Gasteiger partial charge in [0.1, 0.15) is 6.04 Å². The number of ether oxygens (including phenoxy) is 1. The summed E-state index contributed by atoms with van der Waals surface area (Å²) in [7, 11) is 0. The van der Waals surface area contributed by atoms with E-state index in [0.29, 0.717) is 38.3 Å². The Morgan fingerprint density at radius 1 is 1.22 bits per heavy atom. The molecule has 4 N–H and O–H groups in total. The lowest BCUT2D eigenvalue weighted by Gasteiger charge is -2.08. The minimum absolute atomic E-state index is 0.370. The van der Waals surface area contributed by atoms with Crippen molar-refractivity contribution < 1.29 is 19.4 Å². The van der Waals surface area contributed by atoms with Gasteiger partial charge in [0, 0.05) is 6.54 Å². The molecule has 2 rings (SSSR count). The van der Waals surface area contributed by atoms with Crippen molar-refractivity contribution >= 4 is 12.1 Å². The van der Waals surface area contributed by atoms with Gasteiger partial charge in [-0.05, 0) is 62.7 Å². The molecule has 130 valence electrons. The average Bonchev–Trinajstić information content (AvgIpc) is 3.14. The molecule has 0 aromatic heterocycles. The maximum Gasteiger partial charge on any atom is 0.407 e. The van der Waals surface area contributed by atoms with Crippen LogP contribution in [0.25, 0.3) is 0 Å². The highest BCUT2D eigenvalue weighted by atomic mass is 16.5. The number of hydrogen-bond donors (Lipinski definition) is 3. The predicted molar refractivity (Wildman–Crippen MR) is 86.9 cm³/mol. The fourth-order valence-corrected chi connectivity index (χ4v) is 3.47. The molecule has 1 fully saturated rings. The van der Waals surface area contributed by atoms with Gasteiger partial charge < -0.3 is 20.9 Å². The number of aliphatic carboxylic acids is 1. The van der Waals surface area contributed by atoms with Crippen LogP contribution in [-0.4, -0.2) is 36.4 Å². The molecule has 0 saturated heterocycles. The van der Waals surface area contributed by atoms with Crippen LogP contribution in [0, 0.1) is 17.8 Å². The van der Waals surface area contributed by atoms with Crippen molar-refractivity contribution in [2.75, 3.05) is 13.2 Å². The van der Waals surface area contributed by atoms with Crippen LogP contribution in [0.4, 0.5) is 4.79 Å². The minimum atomic E-state index is -0.981. The van der Waals surface area contributed by atoms with Gasteiger partial charge >= 0.3 is 12.1 Å². The monoisotopic (exact) mass is 324 g/mol. The lowest BCUT2D eigenvalue weighted by Crippen LogP contribution is -2.30. The van der Waals surface area contributed by atoms with E-state index in [-0.39, 0.29) is 6.09 Å². The summed E-state index contributed by atoms with van der Waals surface area (Å²) in [6, 6.07) is -0.817. The molecule has 2 aliphatic rings. The number of allylic oxidation sites excluding steroid dienone is 2. The van der Waals surface area contributed by atoms with Crippen LogP contribution in [0.15, 0.2) is 12.2 Å². The van der Waals surface area contributed by atoms with Gasteiger partial charge in [-0.3, -0.25) is 4.79 Å². The zero-order valence-corrected chi connectivity index (χ0v) is 13.6. The fourth-order valence-electron chi connectivity index (χ4n) is 3.47. The number of amides is 1. The fraction of sp³-hybridized carbons (Fsp3) is 0.765. The van der Waals surface area contributed by atoms with E-state index in [2.05, 4.69) is 17.5 Å². The van der Waals surface area contributed by atoms with E-state index in [4.69, 9.17) is 15.6 Å². The van der Waals surface area contributed by atoms with E-state index in [1.807, 2.05) is 0 Å². The van der Waals surface area contributed by atoms with Crippen molar-refractivity contribution in [2.45, 2.75) is 51.0 Å². The number of alkyl carbamates (subject to hydrolysis) is 1. The molecule has 23 heavy (non-hydrogen) atoms. The molecule has 1 saturated carbocycles. The number of fused-ring (bicyclic) bond motifs is 1. The molecule has 0 spiro atoms. The van der Waals surface area contributed by atoms with E-state index in [0.717, 1.165) is 24.7 Å². The first kappa shape index (κ1) is 17.8. The zero-order valence-electron chi connectivity index (χ0n) is 13.6. The Balaban J connectivity index is 1.50. The number of rotatable bonds is 8. The highest BCUT2D eigenvalue weighted by Gasteiger charge is 2.49. The molecule has 3 atom stereocenters. The molecule has 0 aliphatic heterocycles. The number of carbonyl (C=O) groups is 2. The Morgan fingerprint density at radius 2 is 1.87 bits per heavy atom. The second-order valence-corrected chi connectivity index (χ2v) is 6.58. The van der Waals surface area contributed by atoms with Crippen molar-refractivity contribution in [1.29, 1.82) is 0 Å². The second kappa shape index (κ2) is 8.91. The number of unbranched alkanes of at least 4 members (excludes halogenated alkanes) is 1. The van der Waals surface area contributed by atoms with Crippen LogP contribution < -0.4 is 11.1 Å². The van der Waals surface area contributed by atoms with Crippen LogP contribution in [0.1, 0.15) is 44.9 Å². The molecule has 6 nitrogen and oxygen atoms in total. The number of carboxylic acid groups (broad SMARTS) is 1. The van der Waals surface area contributed by atoms with E-state index in [1.165, 1.54) is 12.8 Å². The maximum atomic E-state index is 11.7. The van der Waals surface area contributed by atoms with Crippen molar-refractivity contribution in [3.8, 4) is 0 Å². The molecule has 1 amide bonds. The molecule has 0 bridgehead atoms. The summed E-state index contributed by atoms with van der Waals surface area (Å²) < 4.78 is 5.32. The van der Waals surface area contributed by atoms with E-state index < -0.39 is 12.0 Å². The highest BCUT2D eigenvalue weighted by molar-refractivity contribution is 5.72. The Morgan fingerprint density at radius 3 is 2.48 bits per heavy atom. The van der Waals surface area contributed by atoms with Crippen molar-refractivity contribution in [3.05, 3.63) is 12.2 Å². The van der Waals surface area contributed by atoms with Crippen molar-refractivity contribution in [3.63, 3.8) is 0 Å². The smallest absolute Gasteiger partial charge is 0.407 e. The number of nitrogens with two attached hydrogens (primary N) is 1.